The van der Waals surface area contributed by atoms with Crippen molar-refractivity contribution in [2.45, 2.75) is 19.9 Å². The van der Waals surface area contributed by atoms with Gasteiger partial charge in [-0.2, -0.15) is 0 Å². The first-order valence-corrected chi connectivity index (χ1v) is 7.04. The third kappa shape index (κ3) is 3.83. The van der Waals surface area contributed by atoms with Crippen LogP contribution in [0, 0.1) is 0 Å². The first-order chi connectivity index (χ1) is 10.1. The average Bonchev–Trinajstić information content (AvgIpc) is 2.48. The number of benzene rings is 2. The Labute approximate surface area is 124 Å². The number of hydrogen-bond donors (Lipinski definition) is 3. The summed E-state index contributed by atoms with van der Waals surface area (Å²) in [5.74, 6) is -0.0427. The Hall–Kier alpha value is -2.33. The largest absolute Gasteiger partial charge is 0.508 e. The molecular formula is C17H20N2O2. The Kier molecular flexibility index (Phi) is 4.95. The van der Waals surface area contributed by atoms with Gasteiger partial charge in [-0.25, -0.2) is 0 Å². The SMILES string of the molecule is CCNC(C)c1ccccc1NC(=O)c1ccc(O)cc1. The van der Waals surface area contributed by atoms with Gasteiger partial charge in [-0.05, 0) is 49.4 Å². The van der Waals surface area contributed by atoms with Gasteiger partial charge in [-0.3, -0.25) is 4.79 Å². The van der Waals surface area contributed by atoms with Crippen molar-refractivity contribution >= 4 is 11.6 Å². The predicted molar refractivity (Wildman–Crippen MR) is 84.6 cm³/mol. The summed E-state index contributed by atoms with van der Waals surface area (Å²) in [4.78, 5) is 12.2. The molecule has 4 nitrogen and oxygen atoms in total. The molecule has 2 rings (SSSR count). The van der Waals surface area contributed by atoms with Gasteiger partial charge in [0.25, 0.3) is 5.91 Å². The van der Waals surface area contributed by atoms with E-state index >= 15 is 0 Å². The number of carbonyl (C=O) groups excluding carboxylic acids is 1. The number of nitrogens with one attached hydrogen (secondary N) is 2. The molecule has 0 spiro atoms. The van der Waals surface area contributed by atoms with Crippen molar-refractivity contribution in [3.05, 3.63) is 59.7 Å². The Morgan fingerprint density at radius 3 is 2.48 bits per heavy atom. The molecule has 0 aliphatic heterocycles. The standard InChI is InChI=1S/C17H20N2O2/c1-3-18-12(2)15-6-4-5-7-16(15)19-17(21)13-8-10-14(20)11-9-13/h4-12,18,20H,3H2,1-2H3,(H,19,21). The predicted octanol–water partition coefficient (Wildman–Crippen LogP) is 3.32. The summed E-state index contributed by atoms with van der Waals surface area (Å²) in [6.45, 7) is 4.98. The maximum Gasteiger partial charge on any atom is 0.255 e. The Bertz CT molecular complexity index is 608. The third-order valence-corrected chi connectivity index (χ3v) is 3.32. The second-order valence-corrected chi connectivity index (χ2v) is 4.87. The van der Waals surface area contributed by atoms with Gasteiger partial charge in [-0.15, -0.1) is 0 Å². The van der Waals surface area contributed by atoms with E-state index in [0.717, 1.165) is 17.8 Å². The number of amides is 1. The van der Waals surface area contributed by atoms with Crippen molar-refractivity contribution in [3.8, 4) is 5.75 Å². The molecule has 4 heteroatoms. The number of anilines is 1. The lowest BCUT2D eigenvalue weighted by atomic mass is 10.1. The highest BCUT2D eigenvalue weighted by Crippen LogP contribution is 2.23. The number of phenols is 1. The Morgan fingerprint density at radius 1 is 1.14 bits per heavy atom. The highest BCUT2D eigenvalue weighted by Gasteiger charge is 2.12. The molecule has 0 saturated carbocycles. The molecule has 0 bridgehead atoms. The van der Waals surface area contributed by atoms with Crippen molar-refractivity contribution in [1.29, 1.82) is 0 Å². The quantitative estimate of drug-likeness (QED) is 0.789. The fourth-order valence-electron chi connectivity index (χ4n) is 2.21. The number of hydrogen-bond acceptors (Lipinski definition) is 3. The third-order valence-electron chi connectivity index (χ3n) is 3.32. The molecule has 0 heterocycles. The van der Waals surface area contributed by atoms with Crippen LogP contribution in [0.15, 0.2) is 48.5 Å². The van der Waals surface area contributed by atoms with Gasteiger partial charge in [0, 0.05) is 17.3 Å². The van der Waals surface area contributed by atoms with Gasteiger partial charge >= 0.3 is 0 Å². The zero-order valence-electron chi connectivity index (χ0n) is 12.3. The molecule has 1 amide bonds. The lowest BCUT2D eigenvalue weighted by Gasteiger charge is -2.17. The van der Waals surface area contributed by atoms with Crippen LogP contribution in [-0.2, 0) is 0 Å². The molecule has 110 valence electrons. The van der Waals surface area contributed by atoms with E-state index in [1.54, 1.807) is 12.1 Å². The first kappa shape index (κ1) is 15.1. The van der Waals surface area contributed by atoms with Crippen molar-refractivity contribution in [3.63, 3.8) is 0 Å². The lowest BCUT2D eigenvalue weighted by Crippen LogP contribution is -2.20. The van der Waals surface area contributed by atoms with E-state index in [9.17, 15) is 9.90 Å². The summed E-state index contributed by atoms with van der Waals surface area (Å²) in [7, 11) is 0. The minimum Gasteiger partial charge on any atom is -0.508 e. The molecule has 2 aromatic carbocycles. The van der Waals surface area contributed by atoms with Crippen LogP contribution in [0.25, 0.3) is 0 Å². The Morgan fingerprint density at radius 2 is 1.81 bits per heavy atom. The molecule has 2 aromatic rings. The van der Waals surface area contributed by atoms with Crippen LogP contribution in [0.1, 0.15) is 35.8 Å². The van der Waals surface area contributed by atoms with E-state index < -0.39 is 0 Å². The van der Waals surface area contributed by atoms with Crippen LogP contribution in [0.4, 0.5) is 5.69 Å². The van der Waals surface area contributed by atoms with Crippen molar-refractivity contribution in [2.75, 3.05) is 11.9 Å². The van der Waals surface area contributed by atoms with Crippen molar-refractivity contribution in [2.24, 2.45) is 0 Å². The van der Waals surface area contributed by atoms with Crippen LogP contribution in [0.2, 0.25) is 0 Å². The molecule has 0 fully saturated rings. The molecule has 1 unspecified atom stereocenters. The van der Waals surface area contributed by atoms with Crippen LogP contribution >= 0.6 is 0 Å². The van der Waals surface area contributed by atoms with Crippen molar-refractivity contribution < 1.29 is 9.90 Å². The fraction of sp³-hybridized carbons (Fsp3) is 0.235. The Balaban J connectivity index is 2.19. The molecule has 0 aliphatic rings. The topological polar surface area (TPSA) is 61.4 Å². The highest BCUT2D eigenvalue weighted by molar-refractivity contribution is 6.04. The molecule has 21 heavy (non-hydrogen) atoms. The van der Waals surface area contributed by atoms with Gasteiger partial charge < -0.3 is 15.7 Å². The van der Waals surface area contributed by atoms with Gasteiger partial charge in [0.05, 0.1) is 0 Å². The minimum atomic E-state index is -0.189. The zero-order valence-corrected chi connectivity index (χ0v) is 12.3. The molecule has 0 radical (unpaired) electrons. The molecule has 3 N–H and O–H groups in total. The van der Waals surface area contributed by atoms with E-state index in [0.29, 0.717) is 5.56 Å². The smallest absolute Gasteiger partial charge is 0.255 e. The van der Waals surface area contributed by atoms with E-state index in [1.807, 2.05) is 31.2 Å². The van der Waals surface area contributed by atoms with Crippen molar-refractivity contribution in [1.82, 2.24) is 5.32 Å². The molecular weight excluding hydrogens is 264 g/mol. The summed E-state index contributed by atoms with van der Waals surface area (Å²) in [5, 5.41) is 15.5. The van der Waals surface area contributed by atoms with Gasteiger partial charge in [0.1, 0.15) is 5.75 Å². The minimum absolute atomic E-state index is 0.146. The van der Waals surface area contributed by atoms with E-state index in [1.165, 1.54) is 12.1 Å². The maximum absolute atomic E-state index is 12.2. The van der Waals surface area contributed by atoms with Crippen LogP contribution in [0.5, 0.6) is 5.75 Å². The molecule has 0 aliphatic carbocycles. The summed E-state index contributed by atoms with van der Waals surface area (Å²) in [5.41, 5.74) is 2.36. The number of phenolic OH excluding ortho intramolecular Hbond substituents is 1. The average molecular weight is 284 g/mol. The number of para-hydroxylation sites is 1. The number of aromatic hydroxyl groups is 1. The lowest BCUT2D eigenvalue weighted by molar-refractivity contribution is 0.102. The molecule has 0 saturated heterocycles. The monoisotopic (exact) mass is 284 g/mol. The second kappa shape index (κ2) is 6.90. The number of carbonyl (C=O) groups is 1. The van der Waals surface area contributed by atoms with Gasteiger partial charge in [-0.1, -0.05) is 25.1 Å². The zero-order chi connectivity index (χ0) is 15.2. The van der Waals surface area contributed by atoms with E-state index in [-0.39, 0.29) is 17.7 Å². The summed E-state index contributed by atoms with van der Waals surface area (Å²) in [6.07, 6.45) is 0. The van der Waals surface area contributed by atoms with Gasteiger partial charge in [0.15, 0.2) is 0 Å². The van der Waals surface area contributed by atoms with Crippen LogP contribution < -0.4 is 10.6 Å². The second-order valence-electron chi connectivity index (χ2n) is 4.87. The van der Waals surface area contributed by atoms with E-state index in [4.69, 9.17) is 0 Å². The summed E-state index contributed by atoms with van der Waals surface area (Å²) >= 11 is 0. The maximum atomic E-state index is 12.2. The highest BCUT2D eigenvalue weighted by atomic mass is 16.3. The van der Waals surface area contributed by atoms with Crippen LogP contribution in [0.3, 0.4) is 0 Å². The number of rotatable bonds is 5. The normalized spacial score (nSPS) is 11.9. The van der Waals surface area contributed by atoms with E-state index in [2.05, 4.69) is 17.6 Å². The first-order valence-electron chi connectivity index (χ1n) is 7.04. The molecule has 1 atom stereocenters. The molecule has 0 aromatic heterocycles. The summed E-state index contributed by atoms with van der Waals surface area (Å²) in [6, 6.07) is 14.1. The van der Waals surface area contributed by atoms with Gasteiger partial charge in [0.2, 0.25) is 0 Å². The summed E-state index contributed by atoms with van der Waals surface area (Å²) < 4.78 is 0. The van der Waals surface area contributed by atoms with Crippen LogP contribution in [-0.4, -0.2) is 17.6 Å². The fourth-order valence-corrected chi connectivity index (χ4v) is 2.21.